The Morgan fingerprint density at radius 3 is 2.29 bits per heavy atom. The Balaban J connectivity index is 1.76. The highest BCUT2D eigenvalue weighted by Crippen LogP contribution is 2.21. The van der Waals surface area contributed by atoms with E-state index in [0.717, 1.165) is 10.0 Å². The van der Waals surface area contributed by atoms with Gasteiger partial charge in [-0.15, -0.1) is 0 Å². The van der Waals surface area contributed by atoms with Crippen LogP contribution in [0.2, 0.25) is 5.02 Å². The lowest BCUT2D eigenvalue weighted by Gasteiger charge is -2.12. The molecule has 3 rings (SSSR count). The van der Waals surface area contributed by atoms with Crippen molar-refractivity contribution < 1.29 is 17.9 Å². The zero-order valence-corrected chi connectivity index (χ0v) is 17.6. The Labute approximate surface area is 176 Å². The summed E-state index contributed by atoms with van der Waals surface area (Å²) >= 11 is 9.14. The van der Waals surface area contributed by atoms with Crippen LogP contribution < -0.4 is 9.46 Å². The van der Waals surface area contributed by atoms with Crippen LogP contribution in [0.4, 0.5) is 0 Å². The van der Waals surface area contributed by atoms with Crippen LogP contribution in [0.15, 0.2) is 82.2 Å². The molecule has 28 heavy (non-hydrogen) atoms. The monoisotopic (exact) mass is 479 g/mol. The van der Waals surface area contributed by atoms with Crippen molar-refractivity contribution in [3.8, 4) is 5.75 Å². The van der Waals surface area contributed by atoms with Crippen molar-refractivity contribution >= 4 is 43.5 Å². The van der Waals surface area contributed by atoms with Gasteiger partial charge in [0.2, 0.25) is 0 Å². The van der Waals surface area contributed by atoms with E-state index in [4.69, 9.17) is 16.3 Å². The third kappa shape index (κ3) is 5.13. The van der Waals surface area contributed by atoms with Gasteiger partial charge in [-0.05, 0) is 54.1 Å². The van der Waals surface area contributed by atoms with Crippen molar-refractivity contribution in [3.63, 3.8) is 0 Å². The van der Waals surface area contributed by atoms with E-state index in [1.54, 1.807) is 18.2 Å². The van der Waals surface area contributed by atoms with Gasteiger partial charge in [0.1, 0.15) is 12.4 Å². The van der Waals surface area contributed by atoms with Crippen LogP contribution in [0, 0.1) is 0 Å². The maximum atomic E-state index is 12.6. The first-order chi connectivity index (χ1) is 13.3. The summed E-state index contributed by atoms with van der Waals surface area (Å²) in [7, 11) is -4.03. The fourth-order valence-electron chi connectivity index (χ4n) is 2.37. The SMILES string of the molecule is O=C(NS(=O)(=O)c1ccc(Cl)cc1)c1ccccc1OCc1ccc(Br)cc1. The molecule has 1 N–H and O–H groups in total. The molecule has 0 aliphatic heterocycles. The van der Waals surface area contributed by atoms with Gasteiger partial charge < -0.3 is 4.74 Å². The largest absolute Gasteiger partial charge is 0.488 e. The summed E-state index contributed by atoms with van der Waals surface area (Å²) in [6.45, 7) is 0.238. The van der Waals surface area contributed by atoms with Crippen LogP contribution in [0.3, 0.4) is 0 Å². The van der Waals surface area contributed by atoms with Gasteiger partial charge in [0.05, 0.1) is 10.5 Å². The van der Waals surface area contributed by atoms with E-state index < -0.39 is 15.9 Å². The van der Waals surface area contributed by atoms with Crippen molar-refractivity contribution in [3.05, 3.63) is 93.4 Å². The number of carbonyl (C=O) groups is 1. The number of halogens is 2. The highest BCUT2D eigenvalue weighted by atomic mass is 79.9. The molecule has 0 radical (unpaired) electrons. The number of amides is 1. The minimum absolute atomic E-state index is 0.0569. The first-order valence-corrected chi connectivity index (χ1v) is 10.8. The fourth-order valence-corrected chi connectivity index (χ4v) is 3.73. The molecule has 0 saturated heterocycles. The smallest absolute Gasteiger partial charge is 0.268 e. The standard InChI is InChI=1S/C20H15BrClNO4S/c21-15-7-5-14(6-8-15)13-27-19-4-2-1-3-18(19)20(24)23-28(25,26)17-11-9-16(22)10-12-17/h1-12H,13H2,(H,23,24). The van der Waals surface area contributed by atoms with Gasteiger partial charge in [0.15, 0.2) is 0 Å². The van der Waals surface area contributed by atoms with E-state index >= 15 is 0 Å². The second-order valence-electron chi connectivity index (χ2n) is 5.80. The molecule has 5 nitrogen and oxygen atoms in total. The lowest BCUT2D eigenvalue weighted by molar-refractivity contribution is 0.0977. The maximum Gasteiger partial charge on any atom is 0.268 e. The highest BCUT2D eigenvalue weighted by Gasteiger charge is 2.21. The topological polar surface area (TPSA) is 72.5 Å². The summed E-state index contributed by atoms with van der Waals surface area (Å²) < 4.78 is 33.6. The van der Waals surface area contributed by atoms with Gasteiger partial charge in [0, 0.05) is 9.50 Å². The Morgan fingerprint density at radius 1 is 0.964 bits per heavy atom. The fraction of sp³-hybridized carbons (Fsp3) is 0.0500. The van der Waals surface area contributed by atoms with Crippen molar-refractivity contribution in [1.82, 2.24) is 4.72 Å². The lowest BCUT2D eigenvalue weighted by atomic mass is 10.2. The molecule has 0 heterocycles. The molecule has 0 spiro atoms. The number of para-hydroxylation sites is 1. The molecule has 0 atom stereocenters. The highest BCUT2D eigenvalue weighted by molar-refractivity contribution is 9.10. The third-order valence-electron chi connectivity index (χ3n) is 3.79. The molecular weight excluding hydrogens is 466 g/mol. The van der Waals surface area contributed by atoms with E-state index in [1.165, 1.54) is 30.3 Å². The van der Waals surface area contributed by atoms with E-state index in [0.29, 0.717) is 5.02 Å². The summed E-state index contributed by atoms with van der Waals surface area (Å²) in [6, 6.07) is 19.5. The minimum Gasteiger partial charge on any atom is -0.488 e. The molecule has 8 heteroatoms. The normalized spacial score (nSPS) is 11.1. The summed E-state index contributed by atoms with van der Waals surface area (Å²) in [5.41, 5.74) is 1.03. The molecule has 0 fully saturated rings. The predicted molar refractivity (Wildman–Crippen MR) is 111 cm³/mol. The van der Waals surface area contributed by atoms with Crippen LogP contribution in [-0.4, -0.2) is 14.3 Å². The van der Waals surface area contributed by atoms with Crippen LogP contribution in [0.1, 0.15) is 15.9 Å². The molecular formula is C20H15BrClNO4S. The number of hydrogen-bond acceptors (Lipinski definition) is 4. The Hall–Kier alpha value is -2.35. The molecule has 3 aromatic carbocycles. The molecule has 0 bridgehead atoms. The van der Waals surface area contributed by atoms with Crippen molar-refractivity contribution in [2.24, 2.45) is 0 Å². The van der Waals surface area contributed by atoms with Crippen molar-refractivity contribution in [2.45, 2.75) is 11.5 Å². The number of hydrogen-bond donors (Lipinski definition) is 1. The summed E-state index contributed by atoms with van der Waals surface area (Å²) in [5.74, 6) is -0.490. The second kappa shape index (κ2) is 8.77. The van der Waals surface area contributed by atoms with E-state index in [2.05, 4.69) is 20.7 Å². The van der Waals surface area contributed by atoms with Gasteiger partial charge in [-0.1, -0.05) is 51.8 Å². The quantitative estimate of drug-likeness (QED) is 0.550. The number of nitrogens with one attached hydrogen (secondary N) is 1. The molecule has 0 saturated carbocycles. The Kier molecular flexibility index (Phi) is 6.39. The summed E-state index contributed by atoms with van der Waals surface area (Å²) in [6.07, 6.45) is 0. The number of sulfonamides is 1. The van der Waals surface area contributed by atoms with Gasteiger partial charge in [-0.3, -0.25) is 4.79 Å². The molecule has 3 aromatic rings. The Morgan fingerprint density at radius 2 is 1.61 bits per heavy atom. The van der Waals surface area contributed by atoms with Gasteiger partial charge in [0.25, 0.3) is 15.9 Å². The van der Waals surface area contributed by atoms with Crippen LogP contribution >= 0.6 is 27.5 Å². The minimum atomic E-state index is -4.03. The summed E-state index contributed by atoms with van der Waals surface area (Å²) in [5, 5.41) is 0.400. The molecule has 1 amide bonds. The summed E-state index contributed by atoms with van der Waals surface area (Å²) in [4.78, 5) is 12.5. The van der Waals surface area contributed by atoms with Gasteiger partial charge >= 0.3 is 0 Å². The van der Waals surface area contributed by atoms with Crippen LogP contribution in [-0.2, 0) is 16.6 Å². The molecule has 0 aromatic heterocycles. The third-order valence-corrected chi connectivity index (χ3v) is 5.92. The number of benzene rings is 3. The number of carbonyl (C=O) groups excluding carboxylic acids is 1. The zero-order valence-electron chi connectivity index (χ0n) is 14.4. The van der Waals surface area contributed by atoms with Crippen molar-refractivity contribution in [1.29, 1.82) is 0 Å². The Bertz CT molecular complexity index is 1080. The van der Waals surface area contributed by atoms with E-state index in [1.807, 2.05) is 24.3 Å². The average molecular weight is 481 g/mol. The van der Waals surface area contributed by atoms with E-state index in [9.17, 15) is 13.2 Å². The van der Waals surface area contributed by atoms with Crippen LogP contribution in [0.5, 0.6) is 5.75 Å². The van der Waals surface area contributed by atoms with E-state index in [-0.39, 0.29) is 22.8 Å². The first-order valence-electron chi connectivity index (χ1n) is 8.14. The van der Waals surface area contributed by atoms with Crippen LogP contribution in [0.25, 0.3) is 0 Å². The maximum absolute atomic E-state index is 12.6. The average Bonchev–Trinajstić information content (AvgIpc) is 2.68. The predicted octanol–water partition coefficient (Wildman–Crippen LogP) is 4.80. The molecule has 0 unspecified atom stereocenters. The van der Waals surface area contributed by atoms with Gasteiger partial charge in [-0.2, -0.15) is 0 Å². The second-order valence-corrected chi connectivity index (χ2v) is 8.83. The zero-order chi connectivity index (χ0) is 20.1. The van der Waals surface area contributed by atoms with Crippen molar-refractivity contribution in [2.75, 3.05) is 0 Å². The number of ether oxygens (including phenoxy) is 1. The first kappa shape index (κ1) is 20.4. The number of rotatable bonds is 6. The molecule has 0 aliphatic carbocycles. The molecule has 144 valence electrons. The van der Waals surface area contributed by atoms with Gasteiger partial charge in [-0.25, -0.2) is 13.1 Å². The lowest BCUT2D eigenvalue weighted by Crippen LogP contribution is -2.30. The molecule has 0 aliphatic rings.